The summed E-state index contributed by atoms with van der Waals surface area (Å²) in [7, 11) is 0. The molecular weight excluding hydrogens is 360 g/mol. The molecule has 0 aliphatic rings. The van der Waals surface area contributed by atoms with Gasteiger partial charge in [-0.3, -0.25) is 10.1 Å². The van der Waals surface area contributed by atoms with Gasteiger partial charge in [0.1, 0.15) is 0 Å². The van der Waals surface area contributed by atoms with Crippen molar-refractivity contribution in [2.24, 2.45) is 0 Å². The molecule has 0 aliphatic carbocycles. The van der Waals surface area contributed by atoms with E-state index in [0.29, 0.717) is 0 Å². The summed E-state index contributed by atoms with van der Waals surface area (Å²) >= 11 is 0. The second kappa shape index (κ2) is 6.84. The molecule has 5 aromatic rings. The van der Waals surface area contributed by atoms with Crippen molar-refractivity contribution in [1.29, 1.82) is 0 Å². The quantitative estimate of drug-likeness (QED) is 0.202. The van der Waals surface area contributed by atoms with Crippen LogP contribution >= 0.6 is 0 Å². The van der Waals surface area contributed by atoms with Crippen LogP contribution in [0.2, 0.25) is 0 Å². The summed E-state index contributed by atoms with van der Waals surface area (Å²) in [6.45, 7) is 0. The molecule has 29 heavy (non-hydrogen) atoms. The maximum Gasteiger partial charge on any atom is 0.269 e. The lowest BCUT2D eigenvalue weighted by atomic mass is 9.94. The average molecular weight is 376 g/mol. The van der Waals surface area contributed by atoms with Gasteiger partial charge in [0.15, 0.2) is 0 Å². The van der Waals surface area contributed by atoms with Crippen molar-refractivity contribution in [3.63, 3.8) is 0 Å². The fourth-order valence-electron chi connectivity index (χ4n) is 3.75. The van der Waals surface area contributed by atoms with E-state index in [0.717, 1.165) is 44.1 Å². The van der Waals surface area contributed by atoms with E-state index >= 15 is 0 Å². The van der Waals surface area contributed by atoms with Gasteiger partial charge >= 0.3 is 0 Å². The molecule has 0 fully saturated rings. The van der Waals surface area contributed by atoms with Crippen LogP contribution in [0.5, 0.6) is 0 Å². The van der Waals surface area contributed by atoms with Crippen molar-refractivity contribution < 1.29 is 4.92 Å². The van der Waals surface area contributed by atoms with Crippen molar-refractivity contribution in [3.8, 4) is 22.4 Å². The van der Waals surface area contributed by atoms with Crippen LogP contribution in [-0.2, 0) is 0 Å². The number of fused-ring (bicyclic) bond motifs is 3. The Morgan fingerprint density at radius 3 is 2.21 bits per heavy atom. The Labute approximate surface area is 167 Å². The molecule has 0 spiro atoms. The van der Waals surface area contributed by atoms with Crippen LogP contribution in [0.15, 0.2) is 97.1 Å². The molecular formula is C25H16N2O2. The fraction of sp³-hybridized carbons (Fsp3) is 0. The number of hydrogen-bond donors (Lipinski definition) is 0. The SMILES string of the molecule is O=[N+]([O-])c1ccc(-c2cc(-c3ccccc3)nc3ccc4ccccc4c23)cc1. The monoisotopic (exact) mass is 376 g/mol. The summed E-state index contributed by atoms with van der Waals surface area (Å²) in [6, 6.07) is 31.2. The van der Waals surface area contributed by atoms with Crippen LogP contribution in [0, 0.1) is 10.1 Å². The zero-order chi connectivity index (χ0) is 19.8. The minimum atomic E-state index is -0.376. The Morgan fingerprint density at radius 2 is 1.45 bits per heavy atom. The lowest BCUT2D eigenvalue weighted by molar-refractivity contribution is -0.384. The first-order chi connectivity index (χ1) is 14.2. The minimum absolute atomic E-state index is 0.0836. The maximum atomic E-state index is 11.1. The van der Waals surface area contributed by atoms with Gasteiger partial charge in [0.2, 0.25) is 0 Å². The lowest BCUT2D eigenvalue weighted by Crippen LogP contribution is -1.92. The summed E-state index contributed by atoms with van der Waals surface area (Å²) in [4.78, 5) is 15.6. The first-order valence-corrected chi connectivity index (χ1v) is 9.33. The number of nitrogens with zero attached hydrogens (tertiary/aromatic N) is 2. The van der Waals surface area contributed by atoms with Crippen molar-refractivity contribution in [2.45, 2.75) is 0 Å². The minimum Gasteiger partial charge on any atom is -0.258 e. The zero-order valence-electron chi connectivity index (χ0n) is 15.4. The Hall–Kier alpha value is -4.05. The van der Waals surface area contributed by atoms with Crippen molar-refractivity contribution >= 4 is 27.4 Å². The van der Waals surface area contributed by atoms with E-state index < -0.39 is 0 Å². The number of non-ortho nitro benzene ring substituents is 1. The maximum absolute atomic E-state index is 11.1. The molecule has 0 aliphatic heterocycles. The zero-order valence-corrected chi connectivity index (χ0v) is 15.4. The van der Waals surface area contributed by atoms with Gasteiger partial charge in [0, 0.05) is 23.1 Å². The number of benzene rings is 4. The molecule has 0 radical (unpaired) electrons. The van der Waals surface area contributed by atoms with Gasteiger partial charge in [-0.2, -0.15) is 0 Å². The van der Waals surface area contributed by atoms with E-state index in [1.807, 2.05) is 60.7 Å². The lowest BCUT2D eigenvalue weighted by Gasteiger charge is -2.13. The summed E-state index contributed by atoms with van der Waals surface area (Å²) in [5, 5.41) is 14.4. The molecule has 1 aromatic heterocycles. The number of nitro benzene ring substituents is 1. The van der Waals surface area contributed by atoms with Crippen LogP contribution in [-0.4, -0.2) is 9.91 Å². The van der Waals surface area contributed by atoms with Gasteiger partial charge in [-0.1, -0.05) is 60.7 Å². The third kappa shape index (κ3) is 3.01. The highest BCUT2D eigenvalue weighted by Crippen LogP contribution is 2.36. The van der Waals surface area contributed by atoms with Gasteiger partial charge in [-0.15, -0.1) is 0 Å². The summed E-state index contributed by atoms with van der Waals surface area (Å²) in [5.74, 6) is 0. The molecule has 5 rings (SSSR count). The van der Waals surface area contributed by atoms with Gasteiger partial charge in [-0.25, -0.2) is 4.98 Å². The van der Waals surface area contributed by atoms with Crippen molar-refractivity contribution in [1.82, 2.24) is 4.98 Å². The predicted octanol–water partition coefficient (Wildman–Crippen LogP) is 6.63. The molecule has 4 aromatic carbocycles. The fourth-order valence-corrected chi connectivity index (χ4v) is 3.75. The standard InChI is InChI=1S/C25H16N2O2/c28-27(29)20-13-10-18(11-14-20)22-16-24(19-7-2-1-3-8-19)26-23-15-12-17-6-4-5-9-21(17)25(22)23/h1-16H. The largest absolute Gasteiger partial charge is 0.269 e. The van der Waals surface area contributed by atoms with Crippen LogP contribution in [0.4, 0.5) is 5.69 Å². The number of nitro groups is 1. The summed E-state index contributed by atoms with van der Waals surface area (Å²) < 4.78 is 0. The molecule has 138 valence electrons. The van der Waals surface area contributed by atoms with E-state index in [1.165, 1.54) is 0 Å². The number of rotatable bonds is 3. The molecule has 0 bridgehead atoms. The highest BCUT2D eigenvalue weighted by Gasteiger charge is 2.13. The Kier molecular flexibility index (Phi) is 4.03. The van der Waals surface area contributed by atoms with Gasteiger partial charge in [0.05, 0.1) is 16.1 Å². The van der Waals surface area contributed by atoms with Crippen molar-refractivity contribution in [3.05, 3.63) is 107 Å². The van der Waals surface area contributed by atoms with Gasteiger partial charge < -0.3 is 0 Å². The third-order valence-corrected chi connectivity index (χ3v) is 5.16. The molecule has 0 saturated heterocycles. The molecule has 0 saturated carbocycles. The molecule has 4 nitrogen and oxygen atoms in total. The first kappa shape index (κ1) is 17.1. The van der Waals surface area contributed by atoms with Gasteiger partial charge in [0.25, 0.3) is 5.69 Å². The van der Waals surface area contributed by atoms with Crippen LogP contribution in [0.3, 0.4) is 0 Å². The van der Waals surface area contributed by atoms with Crippen LogP contribution in [0.25, 0.3) is 44.1 Å². The molecule has 0 atom stereocenters. The molecule has 0 amide bonds. The van der Waals surface area contributed by atoms with E-state index in [9.17, 15) is 10.1 Å². The van der Waals surface area contributed by atoms with Gasteiger partial charge in [-0.05, 0) is 46.2 Å². The number of aromatic nitrogens is 1. The summed E-state index contributed by atoms with van der Waals surface area (Å²) in [5.41, 5.74) is 4.84. The Morgan fingerprint density at radius 1 is 0.724 bits per heavy atom. The first-order valence-electron chi connectivity index (χ1n) is 9.33. The molecule has 0 unspecified atom stereocenters. The van der Waals surface area contributed by atoms with E-state index in [4.69, 9.17) is 4.98 Å². The Bertz CT molecular complexity index is 1360. The third-order valence-electron chi connectivity index (χ3n) is 5.16. The smallest absolute Gasteiger partial charge is 0.258 e. The van der Waals surface area contributed by atoms with Crippen LogP contribution in [0.1, 0.15) is 0 Å². The Balaban J connectivity index is 1.85. The van der Waals surface area contributed by atoms with E-state index in [1.54, 1.807) is 12.1 Å². The van der Waals surface area contributed by atoms with Crippen LogP contribution < -0.4 is 0 Å². The number of pyridine rings is 1. The second-order valence-electron chi connectivity index (χ2n) is 6.91. The summed E-state index contributed by atoms with van der Waals surface area (Å²) in [6.07, 6.45) is 0. The highest BCUT2D eigenvalue weighted by molar-refractivity contribution is 6.13. The number of hydrogen-bond acceptors (Lipinski definition) is 3. The molecule has 1 heterocycles. The van der Waals surface area contributed by atoms with Crippen molar-refractivity contribution in [2.75, 3.05) is 0 Å². The molecule has 4 heteroatoms. The molecule has 0 N–H and O–H groups in total. The predicted molar refractivity (Wildman–Crippen MR) is 117 cm³/mol. The second-order valence-corrected chi connectivity index (χ2v) is 6.91. The van der Waals surface area contributed by atoms with E-state index in [2.05, 4.69) is 24.3 Å². The average Bonchev–Trinajstić information content (AvgIpc) is 2.79. The topological polar surface area (TPSA) is 56.0 Å². The highest BCUT2D eigenvalue weighted by atomic mass is 16.6. The van der Waals surface area contributed by atoms with E-state index in [-0.39, 0.29) is 10.6 Å². The normalized spacial score (nSPS) is 11.0.